The predicted octanol–water partition coefficient (Wildman–Crippen LogP) is 4.91. The molecule has 0 saturated carbocycles. The van der Waals surface area contributed by atoms with Gasteiger partial charge in [0, 0.05) is 22.9 Å². The van der Waals surface area contributed by atoms with Crippen LogP contribution in [-0.4, -0.2) is 35.3 Å². The van der Waals surface area contributed by atoms with Crippen molar-refractivity contribution in [2.45, 2.75) is 13.1 Å². The van der Waals surface area contributed by atoms with Crippen LogP contribution in [0.1, 0.15) is 11.3 Å². The van der Waals surface area contributed by atoms with E-state index in [9.17, 15) is 33.5 Å². The molecule has 2 N–H and O–H groups in total. The molecule has 0 aliphatic heterocycles. The van der Waals surface area contributed by atoms with Gasteiger partial charge in [-0.1, -0.05) is 30.3 Å². The van der Waals surface area contributed by atoms with Crippen LogP contribution >= 0.6 is 0 Å². The van der Waals surface area contributed by atoms with Gasteiger partial charge in [0.05, 0.1) is 33.6 Å². The van der Waals surface area contributed by atoms with E-state index < -0.39 is 45.2 Å². The molecule has 9 nitrogen and oxygen atoms in total. The van der Waals surface area contributed by atoms with Crippen LogP contribution in [-0.2, 0) is 6.18 Å². The van der Waals surface area contributed by atoms with Gasteiger partial charge in [-0.3, -0.25) is 15.1 Å². The molecule has 2 aromatic heterocycles. The van der Waals surface area contributed by atoms with Crippen molar-refractivity contribution in [3.8, 4) is 45.4 Å². The summed E-state index contributed by atoms with van der Waals surface area (Å²) in [5.74, 6) is -2.18. The molecular formula is C22H14F3N5O4. The summed E-state index contributed by atoms with van der Waals surface area (Å²) < 4.78 is 42.1. The van der Waals surface area contributed by atoms with E-state index in [1.54, 1.807) is 30.3 Å². The first-order valence-electron chi connectivity index (χ1n) is 9.61. The number of aromatic nitrogens is 4. The summed E-state index contributed by atoms with van der Waals surface area (Å²) >= 11 is 0. The number of hydrogen-bond acceptors (Lipinski definition) is 8. The molecule has 0 aliphatic carbocycles. The molecule has 4 aromatic rings. The largest absolute Gasteiger partial charge is 0.504 e. The number of benzene rings is 2. The van der Waals surface area contributed by atoms with E-state index in [0.717, 1.165) is 24.4 Å². The van der Waals surface area contributed by atoms with E-state index in [0.29, 0.717) is 5.56 Å². The second kappa shape index (κ2) is 8.39. The standard InChI is InChI=1S/C22H14F3N5O4/c1-11-7-14(22(23,24)25)18(19(27-11)12-5-3-2-4-6-12)21-28-15(10-26-29-21)13-8-16(30(33)34)20(32)17(31)9-13/h2-10,31-32H,1H3. The number of nitro groups is 1. The topological polar surface area (TPSA) is 135 Å². The molecule has 172 valence electrons. The van der Waals surface area contributed by atoms with Gasteiger partial charge in [0.2, 0.25) is 5.75 Å². The highest BCUT2D eigenvalue weighted by atomic mass is 19.4. The maximum absolute atomic E-state index is 14.0. The maximum atomic E-state index is 14.0. The summed E-state index contributed by atoms with van der Waals surface area (Å²) in [5.41, 5.74) is -1.95. The van der Waals surface area contributed by atoms with Crippen molar-refractivity contribution in [1.29, 1.82) is 0 Å². The number of rotatable bonds is 4. The molecule has 0 spiro atoms. The van der Waals surface area contributed by atoms with Gasteiger partial charge in [0.1, 0.15) is 0 Å². The van der Waals surface area contributed by atoms with E-state index in [1.807, 2.05) is 0 Å². The van der Waals surface area contributed by atoms with E-state index in [2.05, 4.69) is 20.2 Å². The molecule has 0 fully saturated rings. The normalized spacial score (nSPS) is 11.4. The first kappa shape index (κ1) is 22.6. The summed E-state index contributed by atoms with van der Waals surface area (Å²) in [7, 11) is 0. The van der Waals surface area contributed by atoms with Gasteiger partial charge in [-0.05, 0) is 19.1 Å². The van der Waals surface area contributed by atoms with E-state index in [4.69, 9.17) is 0 Å². The lowest BCUT2D eigenvalue weighted by atomic mass is 9.98. The fraction of sp³-hybridized carbons (Fsp3) is 0.0909. The lowest BCUT2D eigenvalue weighted by molar-refractivity contribution is -0.385. The fourth-order valence-corrected chi connectivity index (χ4v) is 3.37. The molecule has 0 unspecified atom stereocenters. The van der Waals surface area contributed by atoms with Crippen LogP contribution in [0.4, 0.5) is 18.9 Å². The number of phenolic OH excluding ortho intramolecular Hbond substituents is 2. The van der Waals surface area contributed by atoms with Crippen LogP contribution in [0.15, 0.2) is 54.7 Å². The Labute approximate surface area is 189 Å². The zero-order valence-electron chi connectivity index (χ0n) is 17.3. The molecule has 0 radical (unpaired) electrons. The average molecular weight is 469 g/mol. The Morgan fingerprint density at radius 1 is 1.00 bits per heavy atom. The van der Waals surface area contributed by atoms with Crippen molar-refractivity contribution >= 4 is 5.69 Å². The Kier molecular flexibility index (Phi) is 5.57. The highest BCUT2D eigenvalue weighted by molar-refractivity contribution is 5.81. The molecule has 2 aromatic carbocycles. The second-order valence-electron chi connectivity index (χ2n) is 7.18. The first-order chi connectivity index (χ1) is 16.1. The van der Waals surface area contributed by atoms with Crippen molar-refractivity contribution < 1.29 is 28.3 Å². The minimum atomic E-state index is -4.78. The van der Waals surface area contributed by atoms with E-state index in [1.165, 1.54) is 6.92 Å². The lowest BCUT2D eigenvalue weighted by Crippen LogP contribution is -2.12. The predicted molar refractivity (Wildman–Crippen MR) is 114 cm³/mol. The number of nitro benzene ring substituents is 1. The third-order valence-corrected chi connectivity index (χ3v) is 4.84. The van der Waals surface area contributed by atoms with Gasteiger partial charge in [0.25, 0.3) is 0 Å². The molecule has 0 saturated heterocycles. The van der Waals surface area contributed by atoms with Crippen LogP contribution < -0.4 is 0 Å². The smallest absolute Gasteiger partial charge is 0.417 e. The highest BCUT2D eigenvalue weighted by Crippen LogP contribution is 2.42. The molecule has 0 bridgehead atoms. The lowest BCUT2D eigenvalue weighted by Gasteiger charge is -2.17. The number of phenols is 2. The molecule has 0 amide bonds. The summed E-state index contributed by atoms with van der Waals surface area (Å²) in [4.78, 5) is 18.7. The summed E-state index contributed by atoms with van der Waals surface area (Å²) in [6.07, 6.45) is -3.71. The fourth-order valence-electron chi connectivity index (χ4n) is 3.37. The number of aryl methyl sites for hydroxylation is 1. The molecule has 12 heteroatoms. The van der Waals surface area contributed by atoms with Crippen molar-refractivity contribution in [1.82, 2.24) is 20.2 Å². The van der Waals surface area contributed by atoms with E-state index >= 15 is 0 Å². The van der Waals surface area contributed by atoms with Crippen molar-refractivity contribution in [2.24, 2.45) is 0 Å². The van der Waals surface area contributed by atoms with Gasteiger partial charge in [-0.25, -0.2) is 4.98 Å². The Hall–Kier alpha value is -4.61. The summed E-state index contributed by atoms with van der Waals surface area (Å²) in [6, 6.07) is 10.9. The van der Waals surface area contributed by atoms with Crippen LogP contribution in [0, 0.1) is 17.0 Å². The van der Waals surface area contributed by atoms with Gasteiger partial charge < -0.3 is 10.2 Å². The Bertz CT molecular complexity index is 1410. The minimum Gasteiger partial charge on any atom is -0.504 e. The minimum absolute atomic E-state index is 0.0218. The number of hydrogen-bond donors (Lipinski definition) is 2. The maximum Gasteiger partial charge on any atom is 0.417 e. The summed E-state index contributed by atoms with van der Waals surface area (Å²) in [6.45, 7) is 1.43. The number of nitrogens with zero attached hydrogens (tertiary/aromatic N) is 5. The average Bonchev–Trinajstić information content (AvgIpc) is 2.80. The third kappa shape index (κ3) is 4.20. The molecule has 2 heterocycles. The zero-order valence-corrected chi connectivity index (χ0v) is 17.3. The second-order valence-corrected chi connectivity index (χ2v) is 7.18. The molecule has 34 heavy (non-hydrogen) atoms. The highest BCUT2D eigenvalue weighted by Gasteiger charge is 2.37. The molecule has 0 atom stereocenters. The monoisotopic (exact) mass is 469 g/mol. The molecule has 0 aliphatic rings. The number of aromatic hydroxyl groups is 2. The van der Waals surface area contributed by atoms with Crippen LogP contribution in [0.5, 0.6) is 11.5 Å². The SMILES string of the molecule is Cc1cc(C(F)(F)F)c(-c2nncc(-c3cc(O)c(O)c([N+](=O)[O-])c3)n2)c(-c2ccccc2)n1. The number of halogens is 3. The third-order valence-electron chi connectivity index (χ3n) is 4.84. The van der Waals surface area contributed by atoms with E-state index in [-0.39, 0.29) is 22.6 Å². The van der Waals surface area contributed by atoms with Crippen LogP contribution in [0.2, 0.25) is 0 Å². The zero-order chi connectivity index (χ0) is 24.6. The molecular weight excluding hydrogens is 455 g/mol. The van der Waals surface area contributed by atoms with Crippen molar-refractivity contribution in [3.63, 3.8) is 0 Å². The number of pyridine rings is 1. The number of alkyl halides is 3. The van der Waals surface area contributed by atoms with Crippen LogP contribution in [0.3, 0.4) is 0 Å². The van der Waals surface area contributed by atoms with Crippen LogP contribution in [0.25, 0.3) is 33.9 Å². The van der Waals surface area contributed by atoms with Crippen molar-refractivity contribution in [2.75, 3.05) is 0 Å². The van der Waals surface area contributed by atoms with Gasteiger partial charge in [-0.15, -0.1) is 5.10 Å². The van der Waals surface area contributed by atoms with Gasteiger partial charge in [0.15, 0.2) is 11.6 Å². The Morgan fingerprint density at radius 2 is 1.71 bits per heavy atom. The van der Waals surface area contributed by atoms with Gasteiger partial charge in [-0.2, -0.15) is 18.3 Å². The Morgan fingerprint density at radius 3 is 2.35 bits per heavy atom. The molecule has 4 rings (SSSR count). The van der Waals surface area contributed by atoms with Crippen molar-refractivity contribution in [3.05, 3.63) is 76.1 Å². The summed E-state index contributed by atoms with van der Waals surface area (Å²) in [5, 5.41) is 38.3. The van der Waals surface area contributed by atoms with Gasteiger partial charge >= 0.3 is 11.9 Å². The quantitative estimate of drug-likeness (QED) is 0.244. The Balaban J connectivity index is 1.99. The first-order valence-corrected chi connectivity index (χ1v) is 9.61.